The number of hydrogen-bond acceptors (Lipinski definition) is 5. The highest BCUT2D eigenvalue weighted by atomic mass is 19.1. The minimum atomic E-state index is -1.18. The molecule has 0 fully saturated rings. The number of fused-ring (bicyclic) bond motifs is 1. The van der Waals surface area contributed by atoms with E-state index < -0.39 is 29.4 Å². The molecule has 3 N–H and O–H groups in total. The quantitative estimate of drug-likeness (QED) is 0.293. The fourth-order valence-corrected chi connectivity index (χ4v) is 3.84. The van der Waals surface area contributed by atoms with Gasteiger partial charge in [0.2, 0.25) is 0 Å². The van der Waals surface area contributed by atoms with E-state index in [1.165, 1.54) is 43.4 Å². The standard InChI is InChI=1S/C28H25FN2O6/c1-28(2,3)37-27(35)31-20-12-17(11-18(13-20)26(33)34)16-7-10-22-21(14-16)23(25(32)30-4)24(36-22)15-5-8-19(29)9-6-15/h5-14H,1-4H3,(H,30,32)(H,31,35)(H,33,34). The summed E-state index contributed by atoms with van der Waals surface area (Å²) < 4.78 is 24.7. The van der Waals surface area contributed by atoms with Crippen LogP contribution in [0.5, 0.6) is 0 Å². The van der Waals surface area contributed by atoms with Crippen LogP contribution in [0.2, 0.25) is 0 Å². The Kier molecular flexibility index (Phi) is 6.72. The lowest BCUT2D eigenvalue weighted by molar-refractivity contribution is 0.0632. The first-order valence-electron chi connectivity index (χ1n) is 11.4. The third-order valence-corrected chi connectivity index (χ3v) is 5.41. The summed E-state index contributed by atoms with van der Waals surface area (Å²) in [7, 11) is 1.49. The summed E-state index contributed by atoms with van der Waals surface area (Å²) in [5, 5.41) is 15.3. The molecular weight excluding hydrogens is 479 g/mol. The molecule has 8 nitrogen and oxygen atoms in total. The normalized spacial score (nSPS) is 11.3. The van der Waals surface area contributed by atoms with Gasteiger partial charge in [0.1, 0.15) is 22.8 Å². The lowest BCUT2D eigenvalue weighted by Crippen LogP contribution is -2.27. The van der Waals surface area contributed by atoms with Crippen LogP contribution in [0.25, 0.3) is 33.4 Å². The zero-order chi connectivity index (χ0) is 26.9. The van der Waals surface area contributed by atoms with Crippen molar-refractivity contribution in [3.05, 3.63) is 77.6 Å². The molecule has 37 heavy (non-hydrogen) atoms. The fraction of sp³-hybridized carbons (Fsp3) is 0.179. The molecule has 3 aromatic carbocycles. The Hall–Kier alpha value is -4.66. The SMILES string of the molecule is CNC(=O)c1c(-c2ccc(F)cc2)oc2ccc(-c3cc(NC(=O)OC(C)(C)C)cc(C(=O)O)c3)cc12. The smallest absolute Gasteiger partial charge is 0.412 e. The number of benzene rings is 3. The highest BCUT2D eigenvalue weighted by Gasteiger charge is 2.23. The molecule has 0 radical (unpaired) electrons. The molecule has 0 saturated carbocycles. The van der Waals surface area contributed by atoms with Crippen molar-refractivity contribution in [2.45, 2.75) is 26.4 Å². The highest BCUT2D eigenvalue weighted by Crippen LogP contribution is 2.37. The number of hydrogen-bond donors (Lipinski definition) is 3. The van der Waals surface area contributed by atoms with Crippen LogP contribution in [0, 0.1) is 5.82 Å². The van der Waals surface area contributed by atoms with E-state index in [1.54, 1.807) is 45.0 Å². The summed E-state index contributed by atoms with van der Waals surface area (Å²) in [6.45, 7) is 5.15. The monoisotopic (exact) mass is 504 g/mol. The summed E-state index contributed by atoms with van der Waals surface area (Å²) >= 11 is 0. The van der Waals surface area contributed by atoms with E-state index in [1.807, 2.05) is 0 Å². The van der Waals surface area contributed by atoms with Gasteiger partial charge in [0, 0.05) is 23.7 Å². The van der Waals surface area contributed by atoms with Crippen LogP contribution in [0.3, 0.4) is 0 Å². The van der Waals surface area contributed by atoms with Crippen molar-refractivity contribution in [2.24, 2.45) is 0 Å². The van der Waals surface area contributed by atoms with Crippen molar-refractivity contribution in [1.82, 2.24) is 5.32 Å². The predicted octanol–water partition coefficient (Wildman–Crippen LogP) is 6.31. The van der Waals surface area contributed by atoms with Crippen LogP contribution in [-0.2, 0) is 4.74 Å². The Bertz CT molecular complexity index is 1520. The number of carbonyl (C=O) groups excluding carboxylic acids is 2. The molecule has 0 aliphatic rings. The van der Waals surface area contributed by atoms with Crippen LogP contribution in [-0.4, -0.2) is 35.7 Å². The van der Waals surface area contributed by atoms with Gasteiger partial charge in [-0.1, -0.05) is 6.07 Å². The van der Waals surface area contributed by atoms with Gasteiger partial charge in [-0.2, -0.15) is 0 Å². The van der Waals surface area contributed by atoms with Gasteiger partial charge in [0.15, 0.2) is 0 Å². The van der Waals surface area contributed by atoms with E-state index in [4.69, 9.17) is 9.15 Å². The van der Waals surface area contributed by atoms with Crippen molar-refractivity contribution in [1.29, 1.82) is 0 Å². The number of furan rings is 1. The maximum absolute atomic E-state index is 13.5. The molecule has 0 saturated heterocycles. The predicted molar refractivity (Wildman–Crippen MR) is 137 cm³/mol. The maximum Gasteiger partial charge on any atom is 0.412 e. The minimum Gasteiger partial charge on any atom is -0.478 e. The van der Waals surface area contributed by atoms with Crippen molar-refractivity contribution >= 4 is 34.6 Å². The van der Waals surface area contributed by atoms with Crippen LogP contribution < -0.4 is 10.6 Å². The van der Waals surface area contributed by atoms with E-state index in [0.717, 1.165) is 0 Å². The molecule has 0 atom stereocenters. The first kappa shape index (κ1) is 25.4. The molecule has 0 aliphatic carbocycles. The Morgan fingerprint density at radius 1 is 0.919 bits per heavy atom. The zero-order valence-corrected chi connectivity index (χ0v) is 20.6. The van der Waals surface area contributed by atoms with Crippen molar-refractivity contribution < 1.29 is 33.0 Å². The summed E-state index contributed by atoms with van der Waals surface area (Å²) in [6, 6.07) is 15.1. The average molecular weight is 505 g/mol. The summed E-state index contributed by atoms with van der Waals surface area (Å²) in [6.07, 6.45) is -0.725. The topological polar surface area (TPSA) is 118 Å². The molecular formula is C28H25FN2O6. The Labute approximate surface area is 212 Å². The molecule has 0 unspecified atom stereocenters. The Morgan fingerprint density at radius 2 is 1.59 bits per heavy atom. The van der Waals surface area contributed by atoms with Crippen molar-refractivity contribution in [2.75, 3.05) is 12.4 Å². The lowest BCUT2D eigenvalue weighted by atomic mass is 9.98. The Balaban J connectivity index is 1.83. The maximum atomic E-state index is 13.5. The van der Waals surface area contributed by atoms with Gasteiger partial charge in [0.25, 0.3) is 5.91 Å². The molecule has 0 aliphatic heterocycles. The number of carboxylic acids is 1. The van der Waals surface area contributed by atoms with Crippen LogP contribution in [0.1, 0.15) is 41.5 Å². The second kappa shape index (κ2) is 9.77. The molecule has 0 bridgehead atoms. The van der Waals surface area contributed by atoms with Crippen molar-refractivity contribution in [3.8, 4) is 22.5 Å². The number of ether oxygens (including phenoxy) is 1. The third-order valence-electron chi connectivity index (χ3n) is 5.41. The molecule has 4 aromatic rings. The zero-order valence-electron chi connectivity index (χ0n) is 20.6. The van der Waals surface area contributed by atoms with Gasteiger partial charge in [-0.15, -0.1) is 0 Å². The second-order valence-corrected chi connectivity index (χ2v) is 9.33. The molecule has 0 spiro atoms. The number of carboxylic acid groups (broad SMARTS) is 1. The summed E-state index contributed by atoms with van der Waals surface area (Å²) in [5.41, 5.74) is 1.72. The molecule has 9 heteroatoms. The second-order valence-electron chi connectivity index (χ2n) is 9.33. The molecule has 2 amide bonds. The molecule has 4 rings (SSSR count). The van der Waals surface area contributed by atoms with Crippen LogP contribution >= 0.6 is 0 Å². The van der Waals surface area contributed by atoms with Crippen LogP contribution in [0.4, 0.5) is 14.9 Å². The van der Waals surface area contributed by atoms with Gasteiger partial charge in [-0.25, -0.2) is 14.0 Å². The number of anilines is 1. The van der Waals surface area contributed by atoms with Crippen molar-refractivity contribution in [3.63, 3.8) is 0 Å². The average Bonchev–Trinajstić information content (AvgIpc) is 3.21. The molecule has 1 heterocycles. The third kappa shape index (κ3) is 5.61. The first-order valence-corrected chi connectivity index (χ1v) is 11.4. The highest BCUT2D eigenvalue weighted by molar-refractivity contribution is 6.12. The van der Waals surface area contributed by atoms with Gasteiger partial charge >= 0.3 is 12.1 Å². The van der Waals surface area contributed by atoms with E-state index in [0.29, 0.717) is 27.7 Å². The Morgan fingerprint density at radius 3 is 2.22 bits per heavy atom. The lowest BCUT2D eigenvalue weighted by Gasteiger charge is -2.20. The number of halogens is 1. The molecule has 1 aromatic heterocycles. The van der Waals surface area contributed by atoms with Gasteiger partial charge in [0.05, 0.1) is 11.1 Å². The number of carbonyl (C=O) groups is 3. The van der Waals surface area contributed by atoms with Gasteiger partial charge in [-0.3, -0.25) is 10.1 Å². The van der Waals surface area contributed by atoms with E-state index in [-0.39, 0.29) is 22.6 Å². The largest absolute Gasteiger partial charge is 0.478 e. The van der Waals surface area contributed by atoms with E-state index in [9.17, 15) is 23.9 Å². The summed E-state index contributed by atoms with van der Waals surface area (Å²) in [4.78, 5) is 36.9. The van der Waals surface area contributed by atoms with Crippen LogP contribution in [0.15, 0.2) is 65.1 Å². The van der Waals surface area contributed by atoms with E-state index in [2.05, 4.69) is 10.6 Å². The molecule has 190 valence electrons. The number of amides is 2. The van der Waals surface area contributed by atoms with E-state index >= 15 is 0 Å². The minimum absolute atomic E-state index is 0.0469. The van der Waals surface area contributed by atoms with Gasteiger partial charge < -0.3 is 19.6 Å². The van der Waals surface area contributed by atoms with Gasteiger partial charge in [-0.05, 0) is 86.5 Å². The fourth-order valence-electron chi connectivity index (χ4n) is 3.84. The number of nitrogens with one attached hydrogen (secondary N) is 2. The number of aromatic carboxylic acids is 1. The summed E-state index contributed by atoms with van der Waals surface area (Å²) in [5.74, 6) is -1.72. The first-order chi connectivity index (χ1) is 17.4. The number of rotatable bonds is 5.